The highest BCUT2D eigenvalue weighted by molar-refractivity contribution is 7.92. The highest BCUT2D eigenvalue weighted by Gasteiger charge is 2.30. The van der Waals surface area contributed by atoms with Crippen molar-refractivity contribution >= 4 is 21.7 Å². The molecule has 0 saturated carbocycles. The number of ether oxygens (including phenoxy) is 2. The lowest BCUT2D eigenvalue weighted by molar-refractivity contribution is -0.137. The van der Waals surface area contributed by atoms with Gasteiger partial charge in [-0.15, -0.1) is 0 Å². The number of alkyl halides is 3. The molecule has 0 aliphatic carbocycles. The van der Waals surface area contributed by atoms with Gasteiger partial charge < -0.3 is 14.6 Å². The van der Waals surface area contributed by atoms with Crippen LogP contribution < -0.4 is 14.2 Å². The number of sulfonamides is 1. The van der Waals surface area contributed by atoms with Gasteiger partial charge in [0.15, 0.2) is 0 Å². The monoisotopic (exact) mass is 679 g/mol. The standard InChI is InChI=1S/C36H29F4NO6S/c1-22(2)31-20-34(41-48(44,45)30-16-14-28(15-17-30)47-27-12-10-26(37)11-13-27)33(35(42)43)19-32(31)24-8-6-23(7-9-24)21-46-29-5-3-4-25(18-29)36(38,39)40/h3-20,22,41H,21H2,1-2H3,(H,42,43). The molecule has 48 heavy (non-hydrogen) atoms. The molecule has 248 valence electrons. The van der Waals surface area contributed by atoms with Crippen LogP contribution in [0.15, 0.2) is 114 Å². The minimum Gasteiger partial charge on any atom is -0.489 e. The van der Waals surface area contributed by atoms with Crippen LogP contribution in [0.5, 0.6) is 17.2 Å². The second-order valence-corrected chi connectivity index (χ2v) is 12.8. The second-order valence-electron chi connectivity index (χ2n) is 11.1. The Kier molecular flexibility index (Phi) is 9.76. The SMILES string of the molecule is CC(C)c1cc(NS(=O)(=O)c2ccc(Oc3ccc(F)cc3)cc2)c(C(=O)O)cc1-c1ccc(COc2cccc(C(F)(F)F)c2)cc1. The van der Waals surface area contributed by atoms with Crippen LogP contribution in [-0.4, -0.2) is 19.5 Å². The Labute approximate surface area is 274 Å². The Morgan fingerprint density at radius 1 is 0.833 bits per heavy atom. The summed E-state index contributed by atoms with van der Waals surface area (Å²) in [5, 5.41) is 10.1. The van der Waals surface area contributed by atoms with E-state index in [1.54, 1.807) is 24.3 Å². The summed E-state index contributed by atoms with van der Waals surface area (Å²) in [6, 6.07) is 25.2. The van der Waals surface area contributed by atoms with Crippen LogP contribution in [0.1, 0.15) is 46.8 Å². The van der Waals surface area contributed by atoms with E-state index in [2.05, 4.69) is 4.72 Å². The zero-order valence-electron chi connectivity index (χ0n) is 25.6. The van der Waals surface area contributed by atoms with E-state index < -0.39 is 33.5 Å². The van der Waals surface area contributed by atoms with E-state index in [1.165, 1.54) is 72.8 Å². The number of hydrogen-bond donors (Lipinski definition) is 2. The van der Waals surface area contributed by atoms with Crippen LogP contribution >= 0.6 is 0 Å². The molecule has 0 aromatic heterocycles. The third kappa shape index (κ3) is 8.13. The third-order valence-electron chi connectivity index (χ3n) is 7.30. The molecule has 0 aliphatic rings. The minimum absolute atomic E-state index is 0.000929. The fourth-order valence-electron chi connectivity index (χ4n) is 4.84. The molecule has 0 fully saturated rings. The topological polar surface area (TPSA) is 102 Å². The average Bonchev–Trinajstić information content (AvgIpc) is 3.04. The highest BCUT2D eigenvalue weighted by Crippen LogP contribution is 2.36. The van der Waals surface area contributed by atoms with Crippen molar-refractivity contribution in [3.8, 4) is 28.4 Å². The minimum atomic E-state index is -4.49. The Morgan fingerprint density at radius 2 is 1.46 bits per heavy atom. The molecule has 0 atom stereocenters. The summed E-state index contributed by atoms with van der Waals surface area (Å²) < 4.78 is 92.5. The van der Waals surface area contributed by atoms with Gasteiger partial charge in [0.25, 0.3) is 10.0 Å². The van der Waals surface area contributed by atoms with E-state index in [9.17, 15) is 35.9 Å². The van der Waals surface area contributed by atoms with E-state index in [4.69, 9.17) is 9.47 Å². The van der Waals surface area contributed by atoms with Gasteiger partial charge in [-0.3, -0.25) is 4.72 Å². The lowest BCUT2D eigenvalue weighted by Crippen LogP contribution is -2.16. The number of carboxylic acids is 1. The van der Waals surface area contributed by atoms with Gasteiger partial charge in [0, 0.05) is 0 Å². The highest BCUT2D eigenvalue weighted by atomic mass is 32.2. The first-order chi connectivity index (χ1) is 22.7. The van der Waals surface area contributed by atoms with Crippen molar-refractivity contribution in [2.75, 3.05) is 4.72 Å². The summed E-state index contributed by atoms with van der Waals surface area (Å²) in [5.41, 5.74) is 1.35. The zero-order chi connectivity index (χ0) is 34.6. The van der Waals surface area contributed by atoms with Gasteiger partial charge in [-0.2, -0.15) is 13.2 Å². The molecule has 2 N–H and O–H groups in total. The maximum atomic E-state index is 13.3. The van der Waals surface area contributed by atoms with E-state index in [0.717, 1.165) is 12.1 Å². The van der Waals surface area contributed by atoms with Crippen LogP contribution in [0, 0.1) is 5.82 Å². The molecule has 0 spiro atoms. The lowest BCUT2D eigenvalue weighted by atomic mass is 9.90. The van der Waals surface area contributed by atoms with Gasteiger partial charge in [0.2, 0.25) is 0 Å². The van der Waals surface area contributed by atoms with Crippen LogP contribution in [0.4, 0.5) is 23.2 Å². The van der Waals surface area contributed by atoms with Crippen LogP contribution in [0.3, 0.4) is 0 Å². The van der Waals surface area contributed by atoms with Crippen LogP contribution in [0.25, 0.3) is 11.1 Å². The maximum Gasteiger partial charge on any atom is 0.416 e. The van der Waals surface area contributed by atoms with Crippen molar-refractivity contribution < 1.29 is 45.4 Å². The molecule has 7 nitrogen and oxygen atoms in total. The fourth-order valence-corrected chi connectivity index (χ4v) is 5.91. The van der Waals surface area contributed by atoms with Gasteiger partial charge >= 0.3 is 12.1 Å². The Hall–Kier alpha value is -5.36. The predicted octanol–water partition coefficient (Wildman–Crippen LogP) is 9.51. The van der Waals surface area contributed by atoms with Crippen molar-refractivity contribution in [3.63, 3.8) is 0 Å². The van der Waals surface area contributed by atoms with E-state index >= 15 is 0 Å². The number of hydrogen-bond acceptors (Lipinski definition) is 5. The molecular weight excluding hydrogens is 650 g/mol. The molecule has 0 heterocycles. The number of anilines is 1. The molecule has 0 saturated heterocycles. The quantitative estimate of drug-likeness (QED) is 0.135. The smallest absolute Gasteiger partial charge is 0.416 e. The van der Waals surface area contributed by atoms with E-state index in [-0.39, 0.29) is 34.4 Å². The van der Waals surface area contributed by atoms with E-state index in [0.29, 0.717) is 33.8 Å². The first kappa shape index (κ1) is 34.0. The number of carbonyl (C=O) groups is 1. The van der Waals surface area contributed by atoms with Gasteiger partial charge in [-0.1, -0.05) is 44.2 Å². The molecule has 5 aromatic carbocycles. The summed E-state index contributed by atoms with van der Waals surface area (Å²) >= 11 is 0. The summed E-state index contributed by atoms with van der Waals surface area (Å²) in [4.78, 5) is 12.2. The largest absolute Gasteiger partial charge is 0.489 e. The number of halogens is 4. The number of nitrogens with one attached hydrogen (secondary N) is 1. The van der Waals surface area contributed by atoms with E-state index in [1.807, 2.05) is 13.8 Å². The van der Waals surface area contributed by atoms with Crippen molar-refractivity contribution in [3.05, 3.63) is 137 Å². The molecule has 0 unspecified atom stereocenters. The summed E-state index contributed by atoms with van der Waals surface area (Å²) in [7, 11) is -4.23. The Morgan fingerprint density at radius 3 is 2.04 bits per heavy atom. The Bertz CT molecular complexity index is 2030. The van der Waals surface area contributed by atoms with Crippen molar-refractivity contribution in [2.45, 2.75) is 37.4 Å². The second kappa shape index (κ2) is 13.8. The molecule has 0 radical (unpaired) electrons. The molecule has 12 heteroatoms. The first-order valence-electron chi connectivity index (χ1n) is 14.6. The van der Waals surface area contributed by atoms with Crippen molar-refractivity contribution in [1.82, 2.24) is 0 Å². The van der Waals surface area contributed by atoms with Crippen molar-refractivity contribution in [1.29, 1.82) is 0 Å². The fraction of sp³-hybridized carbons (Fsp3) is 0.139. The Balaban J connectivity index is 1.36. The normalized spacial score (nSPS) is 11.7. The van der Waals surface area contributed by atoms with Gasteiger partial charge in [0.1, 0.15) is 29.7 Å². The lowest BCUT2D eigenvalue weighted by Gasteiger charge is -2.19. The van der Waals surface area contributed by atoms with Gasteiger partial charge in [-0.05, 0) is 107 Å². The number of carboxylic acid groups (broad SMARTS) is 1. The van der Waals surface area contributed by atoms with Gasteiger partial charge in [0.05, 0.1) is 21.7 Å². The average molecular weight is 680 g/mol. The van der Waals surface area contributed by atoms with Crippen LogP contribution in [0.2, 0.25) is 0 Å². The van der Waals surface area contributed by atoms with Gasteiger partial charge in [-0.25, -0.2) is 17.6 Å². The molecule has 0 aliphatic heterocycles. The summed E-state index contributed by atoms with van der Waals surface area (Å²) in [6.07, 6.45) is -4.49. The molecular formula is C36H29F4NO6S. The predicted molar refractivity (Wildman–Crippen MR) is 172 cm³/mol. The van der Waals surface area contributed by atoms with Crippen LogP contribution in [-0.2, 0) is 22.8 Å². The molecule has 0 bridgehead atoms. The number of benzene rings is 5. The maximum absolute atomic E-state index is 13.3. The number of aromatic carboxylic acids is 1. The first-order valence-corrected chi connectivity index (χ1v) is 16.0. The summed E-state index contributed by atoms with van der Waals surface area (Å²) in [6.45, 7) is 3.77. The molecule has 5 aromatic rings. The third-order valence-corrected chi connectivity index (χ3v) is 8.68. The van der Waals surface area contributed by atoms with Crippen molar-refractivity contribution in [2.24, 2.45) is 0 Å². The number of rotatable bonds is 11. The molecule has 0 amide bonds. The summed E-state index contributed by atoms with van der Waals surface area (Å²) in [5.74, 6) is -1.18. The molecule has 5 rings (SSSR count). The zero-order valence-corrected chi connectivity index (χ0v) is 26.4.